The molecule has 2 heterocycles. The summed E-state index contributed by atoms with van der Waals surface area (Å²) >= 11 is 0. The number of rotatable bonds is 5. The highest BCUT2D eigenvalue weighted by Crippen LogP contribution is 2.28. The number of nitrogens with zero attached hydrogens (tertiary/aromatic N) is 2. The van der Waals surface area contributed by atoms with Crippen LogP contribution >= 0.6 is 0 Å². The van der Waals surface area contributed by atoms with E-state index in [0.717, 1.165) is 5.56 Å². The van der Waals surface area contributed by atoms with Crippen molar-refractivity contribution in [3.05, 3.63) is 65.7 Å². The number of ether oxygens (including phenoxy) is 1. The molecule has 0 aliphatic carbocycles. The molecule has 0 saturated carbocycles. The van der Waals surface area contributed by atoms with Gasteiger partial charge in [-0.2, -0.15) is 0 Å². The van der Waals surface area contributed by atoms with E-state index in [-0.39, 0.29) is 25.0 Å². The molecule has 8 nitrogen and oxygen atoms in total. The molecule has 160 valence electrons. The number of hydrogen-bond donors (Lipinski definition) is 1. The van der Waals surface area contributed by atoms with E-state index in [2.05, 4.69) is 5.32 Å². The number of esters is 1. The van der Waals surface area contributed by atoms with Gasteiger partial charge in [0.05, 0.1) is 17.9 Å². The molecule has 2 aromatic carbocycles. The Bertz CT molecular complexity index is 1020. The number of para-hydroxylation sites is 1. The predicted octanol–water partition coefficient (Wildman–Crippen LogP) is 1.15. The topological polar surface area (TPSA) is 96.0 Å². The number of hydrogen-bond acceptors (Lipinski definition) is 5. The van der Waals surface area contributed by atoms with Gasteiger partial charge in [-0.15, -0.1) is 0 Å². The van der Waals surface area contributed by atoms with Crippen LogP contribution in [0.1, 0.15) is 22.3 Å². The Hall–Kier alpha value is -3.68. The van der Waals surface area contributed by atoms with E-state index < -0.39 is 24.0 Å². The van der Waals surface area contributed by atoms with Crippen molar-refractivity contribution >= 4 is 29.4 Å². The van der Waals surface area contributed by atoms with Gasteiger partial charge in [-0.25, -0.2) is 4.79 Å². The van der Waals surface area contributed by atoms with Crippen molar-refractivity contribution in [2.24, 2.45) is 0 Å². The average Bonchev–Trinajstić information content (AvgIpc) is 3.16. The summed E-state index contributed by atoms with van der Waals surface area (Å²) in [5.41, 5.74) is 1.63. The normalized spacial score (nSPS) is 20.9. The first-order chi connectivity index (χ1) is 15.0. The standard InChI is InChI=1S/C23H23N3O5/c1-25-19(13-15-7-3-2-4-8-15)22(29)26(18-10-6-5-9-16(18)21(25)28)14-20(27)24-17-11-12-31-23(17)30/h2-10,17,19H,11-14H2,1H3,(H,24,27)/t17-,19-/m0/s1. The van der Waals surface area contributed by atoms with Crippen molar-refractivity contribution in [3.63, 3.8) is 0 Å². The third-order valence-electron chi connectivity index (χ3n) is 5.61. The van der Waals surface area contributed by atoms with Crippen LogP contribution in [0.25, 0.3) is 0 Å². The second-order valence-electron chi connectivity index (χ2n) is 7.64. The maximum atomic E-state index is 13.6. The first-order valence-electron chi connectivity index (χ1n) is 10.1. The van der Waals surface area contributed by atoms with Gasteiger partial charge in [0.25, 0.3) is 11.8 Å². The number of amides is 3. The molecule has 0 spiro atoms. The molecule has 1 N–H and O–H groups in total. The maximum absolute atomic E-state index is 13.6. The molecule has 3 amide bonds. The Balaban J connectivity index is 1.64. The highest BCUT2D eigenvalue weighted by Gasteiger charge is 2.39. The van der Waals surface area contributed by atoms with E-state index in [1.54, 1.807) is 31.3 Å². The molecule has 0 radical (unpaired) electrons. The molecule has 2 aromatic rings. The van der Waals surface area contributed by atoms with Gasteiger partial charge in [0.2, 0.25) is 5.91 Å². The third-order valence-corrected chi connectivity index (χ3v) is 5.61. The Morgan fingerprint density at radius 2 is 1.77 bits per heavy atom. The molecule has 4 rings (SSSR count). The maximum Gasteiger partial charge on any atom is 0.328 e. The molecule has 31 heavy (non-hydrogen) atoms. The smallest absolute Gasteiger partial charge is 0.328 e. The van der Waals surface area contributed by atoms with E-state index in [1.807, 2.05) is 30.3 Å². The lowest BCUT2D eigenvalue weighted by Gasteiger charge is -2.28. The quantitative estimate of drug-likeness (QED) is 0.731. The summed E-state index contributed by atoms with van der Waals surface area (Å²) in [6.45, 7) is -0.0419. The number of anilines is 1. The van der Waals surface area contributed by atoms with Gasteiger partial charge in [0.1, 0.15) is 18.6 Å². The van der Waals surface area contributed by atoms with Crippen LogP contribution in [0.15, 0.2) is 54.6 Å². The minimum Gasteiger partial charge on any atom is -0.464 e. The van der Waals surface area contributed by atoms with Crippen molar-refractivity contribution in [3.8, 4) is 0 Å². The Morgan fingerprint density at radius 3 is 2.48 bits per heavy atom. The summed E-state index contributed by atoms with van der Waals surface area (Å²) in [5.74, 6) is -1.60. The van der Waals surface area contributed by atoms with Crippen molar-refractivity contribution in [2.45, 2.75) is 24.9 Å². The highest BCUT2D eigenvalue weighted by molar-refractivity contribution is 6.12. The van der Waals surface area contributed by atoms with Crippen LogP contribution in [0.4, 0.5) is 5.69 Å². The van der Waals surface area contributed by atoms with Gasteiger partial charge >= 0.3 is 5.97 Å². The minimum atomic E-state index is -0.772. The zero-order chi connectivity index (χ0) is 22.0. The number of carbonyl (C=O) groups excluding carboxylic acids is 4. The zero-order valence-corrected chi connectivity index (χ0v) is 17.1. The fourth-order valence-corrected chi connectivity index (χ4v) is 3.92. The number of benzene rings is 2. The first-order valence-corrected chi connectivity index (χ1v) is 10.1. The molecule has 1 fully saturated rings. The van der Waals surface area contributed by atoms with Crippen molar-refractivity contribution in [1.82, 2.24) is 10.2 Å². The van der Waals surface area contributed by atoms with Crippen molar-refractivity contribution < 1.29 is 23.9 Å². The van der Waals surface area contributed by atoms with Gasteiger partial charge in [-0.3, -0.25) is 14.4 Å². The summed E-state index contributed by atoms with van der Waals surface area (Å²) in [6, 6.07) is 14.7. The van der Waals surface area contributed by atoms with Crippen molar-refractivity contribution in [2.75, 3.05) is 25.1 Å². The lowest BCUT2D eigenvalue weighted by atomic mass is 10.0. The average molecular weight is 421 g/mol. The summed E-state index contributed by atoms with van der Waals surface area (Å²) in [4.78, 5) is 53.8. The monoisotopic (exact) mass is 421 g/mol. The van der Waals surface area contributed by atoms with E-state index in [4.69, 9.17) is 4.74 Å². The molecule has 0 unspecified atom stereocenters. The summed E-state index contributed by atoms with van der Waals surface area (Å²) in [5, 5.41) is 2.63. The second kappa shape index (κ2) is 8.59. The van der Waals surface area contributed by atoms with Crippen LogP contribution in [0.2, 0.25) is 0 Å². The third kappa shape index (κ3) is 4.14. The molecule has 2 aliphatic rings. The van der Waals surface area contributed by atoms with Crippen LogP contribution in [0.3, 0.4) is 0 Å². The second-order valence-corrected chi connectivity index (χ2v) is 7.64. The predicted molar refractivity (Wildman–Crippen MR) is 112 cm³/mol. The summed E-state index contributed by atoms with van der Waals surface area (Å²) < 4.78 is 4.88. The van der Waals surface area contributed by atoms with Gasteiger partial charge in [-0.05, 0) is 17.7 Å². The number of likely N-dealkylation sites (N-methyl/N-ethyl adjacent to an activating group) is 1. The molecule has 0 aromatic heterocycles. The van der Waals surface area contributed by atoms with Crippen LogP contribution in [-0.2, 0) is 25.5 Å². The molecule has 8 heteroatoms. The summed E-state index contributed by atoms with van der Waals surface area (Å²) in [6.07, 6.45) is 0.718. The van der Waals surface area contributed by atoms with Gasteiger partial charge in [0, 0.05) is 19.9 Å². The van der Waals surface area contributed by atoms with E-state index in [1.165, 1.54) is 9.80 Å². The molecule has 2 aliphatic heterocycles. The molecule has 2 atom stereocenters. The SMILES string of the molecule is CN1C(=O)c2ccccc2N(CC(=O)N[C@H]2CCOC2=O)C(=O)[C@@H]1Cc1ccccc1. The van der Waals surface area contributed by atoms with Crippen LogP contribution in [0.5, 0.6) is 0 Å². The molecule has 1 saturated heterocycles. The van der Waals surface area contributed by atoms with Crippen molar-refractivity contribution in [1.29, 1.82) is 0 Å². The van der Waals surface area contributed by atoms with Crippen LogP contribution < -0.4 is 10.2 Å². The number of carbonyl (C=O) groups is 4. The Morgan fingerprint density at radius 1 is 1.06 bits per heavy atom. The Kier molecular flexibility index (Phi) is 5.70. The lowest BCUT2D eigenvalue weighted by Crippen LogP contribution is -2.51. The van der Waals surface area contributed by atoms with E-state index >= 15 is 0 Å². The van der Waals surface area contributed by atoms with Crippen LogP contribution in [0, 0.1) is 0 Å². The molecule has 0 bridgehead atoms. The van der Waals surface area contributed by atoms with E-state index in [9.17, 15) is 19.2 Å². The van der Waals surface area contributed by atoms with Gasteiger partial charge in [0.15, 0.2) is 0 Å². The number of fused-ring (bicyclic) bond motifs is 1. The summed E-state index contributed by atoms with van der Waals surface area (Å²) in [7, 11) is 1.60. The fourth-order valence-electron chi connectivity index (χ4n) is 3.92. The van der Waals surface area contributed by atoms with Gasteiger partial charge < -0.3 is 19.9 Å². The largest absolute Gasteiger partial charge is 0.464 e. The minimum absolute atomic E-state index is 0.258. The fraction of sp³-hybridized carbons (Fsp3) is 0.304. The first kappa shape index (κ1) is 20.6. The Labute approximate surface area is 179 Å². The molecular weight excluding hydrogens is 398 g/mol. The van der Waals surface area contributed by atoms with Gasteiger partial charge in [-0.1, -0.05) is 42.5 Å². The number of nitrogens with one attached hydrogen (secondary N) is 1. The van der Waals surface area contributed by atoms with E-state index in [0.29, 0.717) is 24.1 Å². The lowest BCUT2D eigenvalue weighted by molar-refractivity contribution is -0.141. The number of cyclic esters (lactones) is 1. The highest BCUT2D eigenvalue weighted by atomic mass is 16.5. The molecular formula is C23H23N3O5. The zero-order valence-electron chi connectivity index (χ0n) is 17.1. The van der Waals surface area contributed by atoms with Crippen LogP contribution in [-0.4, -0.2) is 60.9 Å².